The summed E-state index contributed by atoms with van der Waals surface area (Å²) < 4.78 is 16.9. The van der Waals surface area contributed by atoms with Crippen LogP contribution in [-0.2, 0) is 11.3 Å². The zero-order valence-corrected chi connectivity index (χ0v) is 17.6. The van der Waals surface area contributed by atoms with Gasteiger partial charge in [-0.1, -0.05) is 30.3 Å². The third kappa shape index (κ3) is 3.65. The number of hydrogen-bond donors (Lipinski definition) is 0. The number of nitrogens with zero attached hydrogens (tertiary/aromatic N) is 4. The van der Waals surface area contributed by atoms with E-state index in [9.17, 15) is 4.79 Å². The summed E-state index contributed by atoms with van der Waals surface area (Å²) in [7, 11) is 0. The quantitative estimate of drug-likeness (QED) is 0.592. The predicted molar refractivity (Wildman–Crippen MR) is 115 cm³/mol. The molecule has 164 valence electrons. The van der Waals surface area contributed by atoms with Gasteiger partial charge >= 0.3 is 11.8 Å². The molecule has 6 rings (SSSR count). The molecule has 0 N–H and O–H groups in total. The van der Waals surface area contributed by atoms with Gasteiger partial charge in [-0.25, -0.2) is 0 Å². The van der Waals surface area contributed by atoms with Crippen molar-refractivity contribution >= 4 is 5.91 Å². The Kier molecular flexibility index (Phi) is 4.69. The molecule has 8 nitrogen and oxygen atoms in total. The van der Waals surface area contributed by atoms with Gasteiger partial charge in [0.2, 0.25) is 5.89 Å². The maximum absolute atomic E-state index is 12.6. The highest BCUT2D eigenvalue weighted by Gasteiger charge is 2.48. The molecule has 2 aromatic carbocycles. The molecular formula is C24H24N4O4. The lowest BCUT2D eigenvalue weighted by Crippen LogP contribution is -2.65. The number of likely N-dealkylation sites (tertiary alicyclic amines) is 2. The van der Waals surface area contributed by atoms with Gasteiger partial charge in [0, 0.05) is 30.6 Å². The smallest absolute Gasteiger partial charge is 0.311 e. The maximum Gasteiger partial charge on any atom is 0.311 e. The first-order valence-corrected chi connectivity index (χ1v) is 10.9. The Morgan fingerprint density at radius 1 is 1.03 bits per heavy atom. The van der Waals surface area contributed by atoms with Gasteiger partial charge in [-0.15, -0.1) is 10.2 Å². The van der Waals surface area contributed by atoms with E-state index in [0.29, 0.717) is 24.4 Å². The normalized spacial score (nSPS) is 19.8. The summed E-state index contributed by atoms with van der Waals surface area (Å²) in [5.41, 5.74) is 2.52. The number of carbonyl (C=O) groups is 1. The molecule has 1 amide bonds. The molecule has 0 atom stereocenters. The lowest BCUT2D eigenvalue weighted by Gasteiger charge is -2.55. The topological polar surface area (TPSA) is 80.9 Å². The van der Waals surface area contributed by atoms with E-state index in [4.69, 9.17) is 13.9 Å². The van der Waals surface area contributed by atoms with Crippen molar-refractivity contribution in [2.45, 2.75) is 12.6 Å². The van der Waals surface area contributed by atoms with Crippen molar-refractivity contribution in [3.8, 4) is 17.2 Å². The first kappa shape index (κ1) is 19.5. The zero-order valence-electron chi connectivity index (χ0n) is 17.6. The van der Waals surface area contributed by atoms with E-state index in [0.717, 1.165) is 44.2 Å². The molecule has 3 aromatic rings. The van der Waals surface area contributed by atoms with E-state index in [1.165, 1.54) is 5.56 Å². The van der Waals surface area contributed by atoms with Crippen molar-refractivity contribution in [2.24, 2.45) is 5.41 Å². The van der Waals surface area contributed by atoms with Crippen molar-refractivity contribution < 1.29 is 18.7 Å². The highest BCUT2D eigenvalue weighted by Crippen LogP contribution is 2.38. The second-order valence-electron chi connectivity index (χ2n) is 9.01. The Labute approximate surface area is 185 Å². The van der Waals surface area contributed by atoms with E-state index < -0.39 is 0 Å². The van der Waals surface area contributed by atoms with Gasteiger partial charge in [-0.05, 0) is 29.8 Å². The Morgan fingerprint density at radius 2 is 1.78 bits per heavy atom. The van der Waals surface area contributed by atoms with Crippen molar-refractivity contribution in [3.63, 3.8) is 0 Å². The van der Waals surface area contributed by atoms with Gasteiger partial charge in [0.15, 0.2) is 0 Å². The van der Waals surface area contributed by atoms with Gasteiger partial charge in [0.1, 0.15) is 11.9 Å². The fourth-order valence-corrected chi connectivity index (χ4v) is 4.53. The van der Waals surface area contributed by atoms with Crippen molar-refractivity contribution in [3.05, 3.63) is 66.1 Å². The van der Waals surface area contributed by atoms with Crippen LogP contribution in [0.5, 0.6) is 5.75 Å². The van der Waals surface area contributed by atoms with Crippen LogP contribution >= 0.6 is 0 Å². The molecule has 8 heteroatoms. The monoisotopic (exact) mass is 432 g/mol. The van der Waals surface area contributed by atoms with E-state index >= 15 is 0 Å². The van der Waals surface area contributed by atoms with Crippen LogP contribution in [0, 0.1) is 5.41 Å². The molecule has 4 heterocycles. The van der Waals surface area contributed by atoms with E-state index in [-0.39, 0.29) is 17.9 Å². The Morgan fingerprint density at radius 3 is 2.47 bits per heavy atom. The van der Waals surface area contributed by atoms with Crippen LogP contribution in [0.4, 0.5) is 0 Å². The van der Waals surface area contributed by atoms with E-state index in [1.54, 1.807) is 4.90 Å². The molecule has 32 heavy (non-hydrogen) atoms. The van der Waals surface area contributed by atoms with Gasteiger partial charge in [0.05, 0.1) is 26.3 Å². The summed E-state index contributed by atoms with van der Waals surface area (Å²) in [5, 5.41) is 7.89. The molecule has 0 radical (unpaired) electrons. The van der Waals surface area contributed by atoms with Crippen LogP contribution < -0.4 is 4.74 Å². The summed E-state index contributed by atoms with van der Waals surface area (Å²) in [6.45, 7) is 6.05. The van der Waals surface area contributed by atoms with Crippen LogP contribution in [0.3, 0.4) is 0 Å². The number of aromatic nitrogens is 2. The summed E-state index contributed by atoms with van der Waals surface area (Å²) >= 11 is 0. The molecule has 3 fully saturated rings. The lowest BCUT2D eigenvalue weighted by molar-refractivity contribution is -0.191. The molecule has 3 aliphatic rings. The highest BCUT2D eigenvalue weighted by atomic mass is 16.5. The molecule has 3 saturated heterocycles. The van der Waals surface area contributed by atoms with Crippen LogP contribution in [-0.4, -0.2) is 71.4 Å². The fraction of sp³-hybridized carbons (Fsp3) is 0.375. The molecule has 0 aliphatic carbocycles. The Hall–Kier alpha value is -3.23. The number of amides is 1. The van der Waals surface area contributed by atoms with Gasteiger partial charge < -0.3 is 18.8 Å². The van der Waals surface area contributed by atoms with Crippen LogP contribution in [0.2, 0.25) is 0 Å². The molecule has 3 aliphatic heterocycles. The first-order valence-electron chi connectivity index (χ1n) is 10.9. The first-order chi connectivity index (χ1) is 15.7. The van der Waals surface area contributed by atoms with Gasteiger partial charge in [-0.3, -0.25) is 9.69 Å². The second-order valence-corrected chi connectivity index (χ2v) is 9.01. The van der Waals surface area contributed by atoms with E-state index in [2.05, 4.69) is 27.2 Å². The van der Waals surface area contributed by atoms with E-state index in [1.807, 2.05) is 42.5 Å². The maximum atomic E-state index is 12.6. The number of rotatable bonds is 6. The average molecular weight is 432 g/mol. The summed E-state index contributed by atoms with van der Waals surface area (Å²) in [6, 6.07) is 17.6. The van der Waals surface area contributed by atoms with Crippen LogP contribution in [0.15, 0.2) is 59.0 Å². The SMILES string of the molecule is O=C(c1nnc(-c2ccccc2)o1)N1CC(Oc2ccc(CN3CC4(COC4)C3)cc2)C1. The van der Waals surface area contributed by atoms with Gasteiger partial charge in [-0.2, -0.15) is 0 Å². The largest absolute Gasteiger partial charge is 0.487 e. The minimum Gasteiger partial charge on any atom is -0.487 e. The summed E-state index contributed by atoms with van der Waals surface area (Å²) in [4.78, 5) is 16.7. The van der Waals surface area contributed by atoms with Crippen molar-refractivity contribution in [2.75, 3.05) is 39.4 Å². The third-order valence-corrected chi connectivity index (χ3v) is 6.33. The second kappa shape index (κ2) is 7.72. The minimum atomic E-state index is -0.265. The highest BCUT2D eigenvalue weighted by molar-refractivity contribution is 5.90. The molecule has 1 spiro atoms. The number of benzene rings is 2. The summed E-state index contributed by atoms with van der Waals surface area (Å²) in [6.07, 6.45) is -0.0322. The molecule has 0 saturated carbocycles. The van der Waals surface area contributed by atoms with Crippen LogP contribution in [0.1, 0.15) is 16.2 Å². The number of ether oxygens (including phenoxy) is 2. The Balaban J connectivity index is 0.979. The van der Waals surface area contributed by atoms with Crippen molar-refractivity contribution in [1.29, 1.82) is 0 Å². The average Bonchev–Trinajstić information content (AvgIpc) is 3.23. The third-order valence-electron chi connectivity index (χ3n) is 6.33. The predicted octanol–water partition coefficient (Wildman–Crippen LogP) is 2.47. The van der Waals surface area contributed by atoms with Crippen LogP contribution in [0.25, 0.3) is 11.5 Å². The Bertz CT molecular complexity index is 1100. The lowest BCUT2D eigenvalue weighted by atomic mass is 9.78. The molecule has 0 bridgehead atoms. The molecule has 1 aromatic heterocycles. The van der Waals surface area contributed by atoms with Crippen molar-refractivity contribution in [1.82, 2.24) is 20.0 Å². The molecular weight excluding hydrogens is 408 g/mol. The summed E-state index contributed by atoms with van der Waals surface area (Å²) in [5.74, 6) is 0.909. The fourth-order valence-electron chi connectivity index (χ4n) is 4.53. The van der Waals surface area contributed by atoms with Gasteiger partial charge in [0.25, 0.3) is 0 Å². The number of carbonyl (C=O) groups excluding carboxylic acids is 1. The minimum absolute atomic E-state index is 0.00731. The standard InChI is InChI=1S/C24H24N4O4/c29-23(22-26-25-21(32-22)18-4-2-1-3-5-18)28-11-20(12-28)31-19-8-6-17(7-9-19)10-27-13-24(14-27)15-30-16-24/h1-9,20H,10-16H2. The number of hydrogen-bond acceptors (Lipinski definition) is 7. The zero-order chi connectivity index (χ0) is 21.5. The molecule has 0 unspecified atom stereocenters.